The Morgan fingerprint density at radius 1 is 1.33 bits per heavy atom. The van der Waals surface area contributed by atoms with Crippen LogP contribution in [0.3, 0.4) is 0 Å². The van der Waals surface area contributed by atoms with Crippen molar-refractivity contribution in [2.45, 2.75) is 11.1 Å². The summed E-state index contributed by atoms with van der Waals surface area (Å²) in [6.45, 7) is -2.65. The highest BCUT2D eigenvalue weighted by atomic mass is 32.2. The van der Waals surface area contributed by atoms with Gasteiger partial charge in [-0.1, -0.05) is 6.07 Å². The fourth-order valence-corrected chi connectivity index (χ4v) is 2.30. The predicted molar refractivity (Wildman–Crippen MR) is 68.6 cm³/mol. The van der Waals surface area contributed by atoms with Crippen LogP contribution in [-0.2, 0) is 9.84 Å². The van der Waals surface area contributed by atoms with Crippen LogP contribution in [0.15, 0.2) is 29.2 Å². The molecule has 5 nitrogen and oxygen atoms in total. The first-order valence-electron chi connectivity index (χ1n) is 5.81. The molecule has 1 N–H and O–H groups in total. The fraction of sp³-hybridized carbons (Fsp3) is 0.417. The van der Waals surface area contributed by atoms with Crippen LogP contribution in [0.25, 0.3) is 0 Å². The molecule has 118 valence electrons. The number of halogens is 3. The van der Waals surface area contributed by atoms with Crippen LogP contribution < -0.4 is 0 Å². The minimum atomic E-state index is -4.61. The lowest BCUT2D eigenvalue weighted by Gasteiger charge is -2.23. The van der Waals surface area contributed by atoms with E-state index in [1.807, 2.05) is 0 Å². The summed E-state index contributed by atoms with van der Waals surface area (Å²) in [5, 5.41) is 8.76. The summed E-state index contributed by atoms with van der Waals surface area (Å²) < 4.78 is 60.0. The molecule has 0 spiro atoms. The predicted octanol–water partition coefficient (Wildman–Crippen LogP) is 1.09. The maximum atomic E-state index is 12.4. The first kappa shape index (κ1) is 17.4. The zero-order valence-corrected chi connectivity index (χ0v) is 11.9. The van der Waals surface area contributed by atoms with E-state index in [0.717, 1.165) is 12.3 Å². The Morgan fingerprint density at radius 2 is 1.95 bits per heavy atom. The van der Waals surface area contributed by atoms with E-state index in [1.165, 1.54) is 18.2 Å². The lowest BCUT2D eigenvalue weighted by atomic mass is 10.2. The largest absolute Gasteiger partial charge is 0.406 e. The van der Waals surface area contributed by atoms with Crippen LogP contribution in [0.2, 0.25) is 0 Å². The summed E-state index contributed by atoms with van der Waals surface area (Å²) >= 11 is 0. The molecule has 1 aromatic rings. The van der Waals surface area contributed by atoms with E-state index in [0.29, 0.717) is 4.90 Å². The summed E-state index contributed by atoms with van der Waals surface area (Å²) in [6, 6.07) is 4.75. The van der Waals surface area contributed by atoms with Crippen LogP contribution in [-0.4, -0.2) is 56.5 Å². The Hall–Kier alpha value is -1.61. The Bertz CT molecular complexity index is 613. The number of alkyl halides is 3. The van der Waals surface area contributed by atoms with Gasteiger partial charge in [-0.05, 0) is 18.2 Å². The molecule has 0 aliphatic heterocycles. The molecule has 9 heteroatoms. The van der Waals surface area contributed by atoms with Gasteiger partial charge >= 0.3 is 6.18 Å². The molecule has 0 heterocycles. The molecule has 0 aliphatic carbocycles. The van der Waals surface area contributed by atoms with E-state index in [1.54, 1.807) is 0 Å². The second-order valence-electron chi connectivity index (χ2n) is 4.37. The van der Waals surface area contributed by atoms with Crippen molar-refractivity contribution >= 4 is 15.7 Å². The van der Waals surface area contributed by atoms with Gasteiger partial charge in [0.05, 0.1) is 11.5 Å². The van der Waals surface area contributed by atoms with Gasteiger partial charge in [0.1, 0.15) is 6.54 Å². The Morgan fingerprint density at radius 3 is 2.43 bits per heavy atom. The SMILES string of the molecule is CS(=O)(=O)c1cccc(C(=O)N(CCO)CC(F)(F)F)c1. The summed E-state index contributed by atoms with van der Waals surface area (Å²) in [5.41, 5.74) is -0.185. The number of aliphatic hydroxyl groups is 1. The Balaban J connectivity index is 3.09. The average molecular weight is 325 g/mol. The third-order valence-electron chi connectivity index (χ3n) is 2.54. The molecule has 0 fully saturated rings. The molecule has 21 heavy (non-hydrogen) atoms. The number of carbonyl (C=O) groups is 1. The average Bonchev–Trinajstić information content (AvgIpc) is 2.35. The van der Waals surface area contributed by atoms with Gasteiger partial charge in [0, 0.05) is 18.4 Å². The van der Waals surface area contributed by atoms with Crippen molar-refractivity contribution in [2.24, 2.45) is 0 Å². The number of nitrogens with zero attached hydrogens (tertiary/aromatic N) is 1. The quantitative estimate of drug-likeness (QED) is 0.879. The molecular formula is C12H14F3NO4S. The van der Waals surface area contributed by atoms with E-state index in [4.69, 9.17) is 5.11 Å². The third-order valence-corrected chi connectivity index (χ3v) is 3.65. The molecule has 0 atom stereocenters. The van der Waals surface area contributed by atoms with Gasteiger partial charge in [-0.2, -0.15) is 13.2 Å². The van der Waals surface area contributed by atoms with Gasteiger partial charge < -0.3 is 10.0 Å². The van der Waals surface area contributed by atoms with Gasteiger partial charge in [0.15, 0.2) is 9.84 Å². The zero-order valence-electron chi connectivity index (χ0n) is 11.1. The van der Waals surface area contributed by atoms with E-state index in [9.17, 15) is 26.4 Å². The van der Waals surface area contributed by atoms with E-state index in [-0.39, 0.29) is 10.5 Å². The van der Waals surface area contributed by atoms with Crippen molar-refractivity contribution in [3.8, 4) is 0 Å². The second-order valence-corrected chi connectivity index (χ2v) is 6.38. The van der Waals surface area contributed by atoms with Crippen molar-refractivity contribution in [3.63, 3.8) is 0 Å². The summed E-state index contributed by atoms with van der Waals surface area (Å²) in [5.74, 6) is -0.994. The molecule has 0 radical (unpaired) electrons. The standard InChI is InChI=1S/C12H14F3NO4S/c1-21(19,20)10-4-2-3-9(7-10)11(18)16(5-6-17)8-12(13,14)15/h2-4,7,17H,5-6,8H2,1H3. The highest BCUT2D eigenvalue weighted by Crippen LogP contribution is 2.19. The van der Waals surface area contributed by atoms with Crippen molar-refractivity contribution in [1.29, 1.82) is 0 Å². The summed E-state index contributed by atoms with van der Waals surface area (Å²) in [6.07, 6.45) is -3.68. The van der Waals surface area contributed by atoms with Gasteiger partial charge in [0.2, 0.25) is 0 Å². The lowest BCUT2D eigenvalue weighted by molar-refractivity contribution is -0.141. The first-order chi connectivity index (χ1) is 9.54. The first-order valence-corrected chi connectivity index (χ1v) is 7.71. The maximum Gasteiger partial charge on any atom is 0.406 e. The Labute approximate surface area is 119 Å². The number of hydrogen-bond acceptors (Lipinski definition) is 4. The fourth-order valence-electron chi connectivity index (χ4n) is 1.63. The molecule has 1 rings (SSSR count). The third kappa shape index (κ3) is 5.35. The maximum absolute atomic E-state index is 12.4. The number of hydrogen-bond donors (Lipinski definition) is 1. The molecule has 0 saturated heterocycles. The molecule has 0 aromatic heterocycles. The van der Waals surface area contributed by atoms with Crippen LogP contribution in [0.5, 0.6) is 0 Å². The van der Waals surface area contributed by atoms with Crippen LogP contribution in [0, 0.1) is 0 Å². The minimum Gasteiger partial charge on any atom is -0.395 e. The van der Waals surface area contributed by atoms with Crippen molar-refractivity contribution in [3.05, 3.63) is 29.8 Å². The van der Waals surface area contributed by atoms with Gasteiger partial charge in [-0.25, -0.2) is 8.42 Å². The van der Waals surface area contributed by atoms with Gasteiger partial charge in [-0.3, -0.25) is 4.79 Å². The smallest absolute Gasteiger partial charge is 0.395 e. The molecule has 1 aromatic carbocycles. The summed E-state index contributed by atoms with van der Waals surface area (Å²) in [7, 11) is -3.57. The zero-order chi connectivity index (χ0) is 16.3. The van der Waals surface area contributed by atoms with Gasteiger partial charge in [0.25, 0.3) is 5.91 Å². The molecule has 1 amide bonds. The monoisotopic (exact) mass is 325 g/mol. The second kappa shape index (κ2) is 6.44. The number of rotatable bonds is 5. The van der Waals surface area contributed by atoms with Crippen molar-refractivity contribution in [2.75, 3.05) is 26.0 Å². The lowest BCUT2D eigenvalue weighted by Crippen LogP contribution is -2.40. The molecule has 0 saturated carbocycles. The molecule has 0 bridgehead atoms. The Kier molecular flexibility index (Phi) is 5.35. The number of carbonyl (C=O) groups excluding carboxylic acids is 1. The highest BCUT2D eigenvalue weighted by molar-refractivity contribution is 7.90. The van der Waals surface area contributed by atoms with E-state index < -0.39 is 41.6 Å². The van der Waals surface area contributed by atoms with E-state index >= 15 is 0 Å². The number of benzene rings is 1. The molecule has 0 unspecified atom stereocenters. The number of sulfone groups is 1. The van der Waals surface area contributed by atoms with Crippen molar-refractivity contribution in [1.82, 2.24) is 4.90 Å². The van der Waals surface area contributed by atoms with Gasteiger partial charge in [-0.15, -0.1) is 0 Å². The normalized spacial score (nSPS) is 12.2. The minimum absolute atomic E-state index is 0.163. The molecular weight excluding hydrogens is 311 g/mol. The summed E-state index contributed by atoms with van der Waals surface area (Å²) in [4.78, 5) is 12.3. The van der Waals surface area contributed by atoms with Crippen molar-refractivity contribution < 1.29 is 31.5 Å². The van der Waals surface area contributed by atoms with Crippen LogP contribution >= 0.6 is 0 Å². The number of amides is 1. The molecule has 0 aliphatic rings. The number of aliphatic hydroxyl groups excluding tert-OH is 1. The topological polar surface area (TPSA) is 74.7 Å². The van der Waals surface area contributed by atoms with E-state index in [2.05, 4.69) is 0 Å². The highest BCUT2D eigenvalue weighted by Gasteiger charge is 2.33. The van der Waals surface area contributed by atoms with Crippen LogP contribution in [0.1, 0.15) is 10.4 Å². The van der Waals surface area contributed by atoms with Crippen LogP contribution in [0.4, 0.5) is 13.2 Å².